The largest absolute Gasteiger partial charge is 0.512 e. The van der Waals surface area contributed by atoms with E-state index >= 15 is 0 Å². The lowest BCUT2D eigenvalue weighted by molar-refractivity contribution is 0.102. The van der Waals surface area contributed by atoms with Crippen LogP contribution in [0.4, 0.5) is 0 Å². The number of aliphatic hydroxyl groups excluding tert-OH is 1. The van der Waals surface area contributed by atoms with Crippen molar-refractivity contribution in [3.05, 3.63) is 39.8 Å². The maximum absolute atomic E-state index is 11.8. The van der Waals surface area contributed by atoms with Crippen LogP contribution in [0, 0.1) is 0 Å². The molecule has 0 saturated heterocycles. The van der Waals surface area contributed by atoms with Gasteiger partial charge in [-0.2, -0.15) is 0 Å². The molecule has 0 spiro atoms. The molecule has 1 heterocycles. The van der Waals surface area contributed by atoms with Crippen LogP contribution in [0.1, 0.15) is 30.8 Å². The van der Waals surface area contributed by atoms with Crippen LogP contribution in [-0.2, 0) is 0 Å². The van der Waals surface area contributed by atoms with Crippen LogP contribution in [0.3, 0.4) is 0 Å². The second-order valence-electron chi connectivity index (χ2n) is 3.10. The minimum absolute atomic E-state index is 0.113. The first kappa shape index (κ1) is 11.9. The van der Waals surface area contributed by atoms with Gasteiger partial charge in [0.1, 0.15) is 10.3 Å². The Bertz CT molecular complexity index is 413. The number of ketones is 1. The second-order valence-corrected chi connectivity index (χ2v) is 3.91. The molecule has 0 bridgehead atoms. The lowest BCUT2D eigenvalue weighted by atomic mass is 10.1. The Morgan fingerprint density at radius 3 is 2.73 bits per heavy atom. The minimum Gasteiger partial charge on any atom is -0.512 e. The first-order chi connectivity index (χ1) is 7.06. The van der Waals surface area contributed by atoms with Crippen molar-refractivity contribution in [1.29, 1.82) is 0 Å². The van der Waals surface area contributed by atoms with Crippen LogP contribution in [0.15, 0.2) is 34.1 Å². The zero-order chi connectivity index (χ0) is 11.4. The smallest absolute Gasteiger partial charge is 0.210 e. The Morgan fingerprint density at radius 2 is 2.20 bits per heavy atom. The fourth-order valence-corrected chi connectivity index (χ4v) is 1.47. The summed E-state index contributed by atoms with van der Waals surface area (Å²) in [6, 6.07) is 5.11. The summed E-state index contributed by atoms with van der Waals surface area (Å²) >= 11 is 3.19. The van der Waals surface area contributed by atoms with Gasteiger partial charge in [-0.3, -0.25) is 4.79 Å². The summed E-state index contributed by atoms with van der Waals surface area (Å²) in [7, 11) is 0. The molecule has 4 heteroatoms. The van der Waals surface area contributed by atoms with Gasteiger partial charge >= 0.3 is 0 Å². The van der Waals surface area contributed by atoms with Crippen molar-refractivity contribution in [2.75, 3.05) is 0 Å². The SMILES string of the molecule is CC/C(O)=C(\C)C(=O)c1cccc(Br)n1. The molecule has 0 aromatic carbocycles. The van der Waals surface area contributed by atoms with Gasteiger partial charge in [0.2, 0.25) is 5.78 Å². The first-order valence-electron chi connectivity index (χ1n) is 4.62. The molecule has 1 aromatic rings. The summed E-state index contributed by atoms with van der Waals surface area (Å²) in [6.07, 6.45) is 0.450. The fourth-order valence-electron chi connectivity index (χ4n) is 1.12. The first-order valence-corrected chi connectivity index (χ1v) is 5.41. The van der Waals surface area contributed by atoms with E-state index in [1.807, 2.05) is 0 Å². The third kappa shape index (κ3) is 2.89. The third-order valence-electron chi connectivity index (χ3n) is 2.06. The molecule has 1 N–H and O–H groups in total. The van der Waals surface area contributed by atoms with Gasteiger partial charge in [0, 0.05) is 12.0 Å². The van der Waals surface area contributed by atoms with Crippen molar-refractivity contribution >= 4 is 21.7 Å². The van der Waals surface area contributed by atoms with Crippen LogP contribution in [0.5, 0.6) is 0 Å². The van der Waals surface area contributed by atoms with Crippen molar-refractivity contribution in [2.45, 2.75) is 20.3 Å². The summed E-state index contributed by atoms with van der Waals surface area (Å²) in [5.74, 6) is -0.127. The molecule has 3 nitrogen and oxygen atoms in total. The van der Waals surface area contributed by atoms with Crippen molar-refractivity contribution in [1.82, 2.24) is 4.98 Å². The van der Waals surface area contributed by atoms with Crippen molar-refractivity contribution in [2.24, 2.45) is 0 Å². The maximum Gasteiger partial charge on any atom is 0.210 e. The highest BCUT2D eigenvalue weighted by molar-refractivity contribution is 9.10. The molecule has 0 radical (unpaired) electrons. The van der Waals surface area contributed by atoms with E-state index in [0.717, 1.165) is 0 Å². The van der Waals surface area contributed by atoms with E-state index in [1.165, 1.54) is 0 Å². The predicted octanol–water partition coefficient (Wildman–Crippen LogP) is 3.27. The lowest BCUT2D eigenvalue weighted by Crippen LogP contribution is -2.06. The van der Waals surface area contributed by atoms with Crippen LogP contribution in [-0.4, -0.2) is 15.9 Å². The van der Waals surface area contributed by atoms with Gasteiger partial charge < -0.3 is 5.11 Å². The van der Waals surface area contributed by atoms with E-state index in [4.69, 9.17) is 0 Å². The molecular formula is C11H12BrNO2. The molecule has 0 unspecified atom stereocenters. The summed E-state index contributed by atoms with van der Waals surface area (Å²) < 4.78 is 0.608. The molecule has 15 heavy (non-hydrogen) atoms. The molecular weight excluding hydrogens is 258 g/mol. The highest BCUT2D eigenvalue weighted by Gasteiger charge is 2.13. The lowest BCUT2D eigenvalue weighted by Gasteiger charge is -2.03. The quantitative estimate of drug-likeness (QED) is 0.397. The molecule has 0 amide bonds. The maximum atomic E-state index is 11.8. The second kappa shape index (κ2) is 5.07. The number of rotatable bonds is 3. The predicted molar refractivity (Wildman–Crippen MR) is 61.9 cm³/mol. The van der Waals surface area contributed by atoms with Gasteiger partial charge in [-0.15, -0.1) is 0 Å². The van der Waals surface area contributed by atoms with Gasteiger partial charge in [-0.05, 0) is 35.0 Å². The van der Waals surface area contributed by atoms with Gasteiger partial charge in [0.25, 0.3) is 0 Å². The van der Waals surface area contributed by atoms with Gasteiger partial charge in [0.15, 0.2) is 0 Å². The number of pyridine rings is 1. The number of halogens is 1. The Balaban J connectivity index is 3.05. The molecule has 0 saturated carbocycles. The van der Waals surface area contributed by atoms with Crippen molar-refractivity contribution < 1.29 is 9.90 Å². The van der Waals surface area contributed by atoms with Gasteiger partial charge in [-0.1, -0.05) is 13.0 Å². The fraction of sp³-hybridized carbons (Fsp3) is 0.273. The van der Waals surface area contributed by atoms with Crippen LogP contribution in [0.25, 0.3) is 0 Å². The van der Waals surface area contributed by atoms with E-state index < -0.39 is 0 Å². The molecule has 80 valence electrons. The van der Waals surface area contributed by atoms with Crippen LogP contribution < -0.4 is 0 Å². The molecule has 0 atom stereocenters. The average Bonchev–Trinajstić information content (AvgIpc) is 2.26. The number of nitrogens with zero attached hydrogens (tertiary/aromatic N) is 1. The van der Waals surface area contributed by atoms with Gasteiger partial charge in [0.05, 0.1) is 5.76 Å². The van der Waals surface area contributed by atoms with Crippen molar-refractivity contribution in [3.8, 4) is 0 Å². The number of allylic oxidation sites excluding steroid dienone is 2. The highest BCUT2D eigenvalue weighted by Crippen LogP contribution is 2.13. The van der Waals surface area contributed by atoms with E-state index in [0.29, 0.717) is 22.3 Å². The van der Waals surface area contributed by atoms with E-state index in [-0.39, 0.29) is 11.5 Å². The third-order valence-corrected chi connectivity index (χ3v) is 2.50. The molecule has 1 rings (SSSR count). The number of carbonyl (C=O) groups is 1. The normalized spacial score (nSPS) is 12.2. The molecule has 0 aliphatic heterocycles. The Morgan fingerprint density at radius 1 is 1.53 bits per heavy atom. The summed E-state index contributed by atoms with van der Waals surface area (Å²) in [5, 5.41) is 9.45. The average molecular weight is 270 g/mol. The van der Waals surface area contributed by atoms with Crippen molar-refractivity contribution in [3.63, 3.8) is 0 Å². The molecule has 0 aliphatic rings. The zero-order valence-corrected chi connectivity index (χ0v) is 10.2. The number of aromatic nitrogens is 1. The summed E-state index contributed by atoms with van der Waals surface area (Å²) in [4.78, 5) is 15.8. The Labute approximate surface area is 97.0 Å². The van der Waals surface area contributed by atoms with E-state index in [2.05, 4.69) is 20.9 Å². The topological polar surface area (TPSA) is 50.2 Å². The van der Waals surface area contributed by atoms with Gasteiger partial charge in [-0.25, -0.2) is 4.98 Å². The summed E-state index contributed by atoms with van der Waals surface area (Å²) in [5.41, 5.74) is 0.685. The molecule has 0 aliphatic carbocycles. The molecule has 1 aromatic heterocycles. The van der Waals surface area contributed by atoms with E-state index in [9.17, 15) is 9.90 Å². The Kier molecular flexibility index (Phi) is 4.03. The van der Waals surface area contributed by atoms with Crippen LogP contribution >= 0.6 is 15.9 Å². The Hall–Kier alpha value is -1.16. The standard InChI is InChI=1S/C11H12BrNO2/c1-3-9(14)7(2)11(15)8-5-4-6-10(12)13-8/h4-6,14H,3H2,1-2H3/b9-7-. The number of hydrogen-bond donors (Lipinski definition) is 1. The summed E-state index contributed by atoms with van der Waals surface area (Å²) in [6.45, 7) is 3.39. The molecule has 0 fully saturated rings. The van der Waals surface area contributed by atoms with Crippen LogP contribution in [0.2, 0.25) is 0 Å². The number of Topliss-reactive ketones (excluding diaryl/α,β-unsaturated/α-hetero) is 1. The number of hydrogen-bond acceptors (Lipinski definition) is 3. The van der Waals surface area contributed by atoms with E-state index in [1.54, 1.807) is 32.0 Å². The highest BCUT2D eigenvalue weighted by atomic mass is 79.9. The minimum atomic E-state index is -0.240. The number of carbonyl (C=O) groups excluding carboxylic acids is 1. The number of aliphatic hydroxyl groups is 1. The zero-order valence-electron chi connectivity index (χ0n) is 8.62. The monoisotopic (exact) mass is 269 g/mol.